The number of aromatic nitrogens is 1. The van der Waals surface area contributed by atoms with Crippen molar-refractivity contribution >= 4 is 34.6 Å². The summed E-state index contributed by atoms with van der Waals surface area (Å²) in [7, 11) is 1.63. The molecule has 0 atom stereocenters. The Labute approximate surface area is 194 Å². The first-order valence-corrected chi connectivity index (χ1v) is 11.3. The van der Waals surface area contributed by atoms with Crippen LogP contribution in [0.1, 0.15) is 43.7 Å². The third kappa shape index (κ3) is 6.94. The standard InChI is InChI=1S/C22H25N3O2.C4H7NO/c1-4-8-21(26)24-14-16-11-18-19(12-20(16)27-3)23-13-15(2)22(18)25-17-9-6-5-7-10-17;6-3-5-4-1-2-4/h5-7,9-13H,4,8,14H2,1-3H3,(H,23,25)(H,24,26);3-4H,1-2H2,(H,5,6). The van der Waals surface area contributed by atoms with Crippen molar-refractivity contribution in [2.75, 3.05) is 12.4 Å². The van der Waals surface area contributed by atoms with Crippen molar-refractivity contribution in [3.63, 3.8) is 0 Å². The number of ether oxygens (including phenoxy) is 1. The van der Waals surface area contributed by atoms with Crippen LogP contribution in [0, 0.1) is 6.92 Å². The van der Waals surface area contributed by atoms with Crippen molar-refractivity contribution in [1.29, 1.82) is 0 Å². The molecule has 7 nitrogen and oxygen atoms in total. The van der Waals surface area contributed by atoms with Crippen LogP contribution in [-0.2, 0) is 16.1 Å². The van der Waals surface area contributed by atoms with Crippen molar-refractivity contribution in [2.45, 2.75) is 52.1 Å². The van der Waals surface area contributed by atoms with Crippen LogP contribution in [0.15, 0.2) is 48.7 Å². The SMILES string of the molecule is CCCC(=O)NCc1cc2c(Nc3ccccc3)c(C)cnc2cc1OC.O=CNC1CC1. The maximum atomic E-state index is 11.9. The first-order chi connectivity index (χ1) is 16.0. The van der Waals surface area contributed by atoms with Gasteiger partial charge in [-0.05, 0) is 49.9 Å². The lowest BCUT2D eigenvalue weighted by atomic mass is 10.0. The van der Waals surface area contributed by atoms with Crippen molar-refractivity contribution in [3.05, 3.63) is 59.8 Å². The fourth-order valence-corrected chi connectivity index (χ4v) is 3.38. The van der Waals surface area contributed by atoms with E-state index in [1.807, 2.05) is 62.5 Å². The molecule has 0 spiro atoms. The van der Waals surface area contributed by atoms with Gasteiger partial charge in [0, 0.05) is 47.9 Å². The molecule has 1 heterocycles. The molecule has 1 fully saturated rings. The number of benzene rings is 2. The second-order valence-corrected chi connectivity index (χ2v) is 8.07. The third-order valence-corrected chi connectivity index (χ3v) is 5.34. The molecule has 0 unspecified atom stereocenters. The van der Waals surface area contributed by atoms with Gasteiger partial charge in [0.05, 0.1) is 18.3 Å². The van der Waals surface area contributed by atoms with Crippen LogP contribution in [0.2, 0.25) is 0 Å². The van der Waals surface area contributed by atoms with Crippen LogP contribution in [0.5, 0.6) is 5.75 Å². The van der Waals surface area contributed by atoms with Gasteiger partial charge in [0.2, 0.25) is 12.3 Å². The van der Waals surface area contributed by atoms with Gasteiger partial charge in [0.1, 0.15) is 5.75 Å². The monoisotopic (exact) mass is 448 g/mol. The highest BCUT2D eigenvalue weighted by Gasteiger charge is 2.19. The molecule has 7 heteroatoms. The predicted molar refractivity (Wildman–Crippen MR) is 132 cm³/mol. The molecule has 1 saturated carbocycles. The fourth-order valence-electron chi connectivity index (χ4n) is 3.38. The molecule has 2 aromatic carbocycles. The van der Waals surface area contributed by atoms with Crippen molar-refractivity contribution in [3.8, 4) is 5.75 Å². The first kappa shape index (κ1) is 24.0. The molecule has 1 aliphatic carbocycles. The number of aryl methyl sites for hydroxylation is 1. The van der Waals surface area contributed by atoms with Gasteiger partial charge in [-0.25, -0.2) is 0 Å². The van der Waals surface area contributed by atoms with Crippen molar-refractivity contribution in [1.82, 2.24) is 15.6 Å². The number of amides is 2. The third-order valence-electron chi connectivity index (χ3n) is 5.34. The number of anilines is 2. The van der Waals surface area contributed by atoms with E-state index in [0.717, 1.165) is 52.0 Å². The van der Waals surface area contributed by atoms with Crippen LogP contribution in [0.3, 0.4) is 0 Å². The van der Waals surface area contributed by atoms with E-state index < -0.39 is 0 Å². The number of methoxy groups -OCH3 is 1. The predicted octanol–water partition coefficient (Wildman–Crippen LogP) is 4.61. The van der Waals surface area contributed by atoms with Gasteiger partial charge >= 0.3 is 0 Å². The normalized spacial score (nSPS) is 12.3. The smallest absolute Gasteiger partial charge is 0.220 e. The molecule has 174 valence electrons. The number of rotatable bonds is 9. The summed E-state index contributed by atoms with van der Waals surface area (Å²) in [5.74, 6) is 0.769. The zero-order chi connectivity index (χ0) is 23.6. The Balaban J connectivity index is 0.000000442. The molecule has 0 aliphatic heterocycles. The molecule has 0 radical (unpaired) electrons. The molecule has 33 heavy (non-hydrogen) atoms. The largest absolute Gasteiger partial charge is 0.496 e. The van der Waals surface area contributed by atoms with Crippen LogP contribution in [0.4, 0.5) is 11.4 Å². The minimum atomic E-state index is 0.0460. The van der Waals surface area contributed by atoms with E-state index in [2.05, 4.69) is 20.9 Å². The molecule has 0 saturated heterocycles. The van der Waals surface area contributed by atoms with E-state index in [4.69, 9.17) is 4.74 Å². The Hall–Kier alpha value is -3.61. The van der Waals surface area contributed by atoms with Crippen molar-refractivity contribution in [2.24, 2.45) is 0 Å². The van der Waals surface area contributed by atoms with Gasteiger partial charge in [-0.15, -0.1) is 0 Å². The van der Waals surface area contributed by atoms with E-state index in [9.17, 15) is 9.59 Å². The summed E-state index contributed by atoms with van der Waals surface area (Å²) in [4.78, 5) is 26.0. The minimum Gasteiger partial charge on any atom is -0.496 e. The Morgan fingerprint density at radius 2 is 1.97 bits per heavy atom. The van der Waals surface area contributed by atoms with Gasteiger partial charge in [0.25, 0.3) is 0 Å². The Morgan fingerprint density at radius 1 is 1.21 bits per heavy atom. The Morgan fingerprint density at radius 3 is 2.58 bits per heavy atom. The quantitative estimate of drug-likeness (QED) is 0.416. The fraction of sp³-hybridized carbons (Fsp3) is 0.346. The average molecular weight is 449 g/mol. The summed E-state index contributed by atoms with van der Waals surface area (Å²) in [5, 5.41) is 10.1. The van der Waals surface area contributed by atoms with E-state index in [0.29, 0.717) is 19.0 Å². The van der Waals surface area contributed by atoms with Crippen LogP contribution >= 0.6 is 0 Å². The lowest BCUT2D eigenvalue weighted by Crippen LogP contribution is -2.22. The van der Waals surface area contributed by atoms with E-state index >= 15 is 0 Å². The highest BCUT2D eigenvalue weighted by Crippen LogP contribution is 2.33. The molecule has 2 amide bonds. The molecule has 3 aromatic rings. The van der Waals surface area contributed by atoms with Gasteiger partial charge in [-0.2, -0.15) is 0 Å². The number of nitrogens with one attached hydrogen (secondary N) is 3. The summed E-state index contributed by atoms with van der Waals surface area (Å²) >= 11 is 0. The number of carbonyl (C=O) groups is 2. The molecule has 1 aliphatic rings. The highest BCUT2D eigenvalue weighted by atomic mass is 16.5. The Bertz CT molecular complexity index is 1080. The van der Waals surface area contributed by atoms with Crippen LogP contribution in [0.25, 0.3) is 10.9 Å². The molecule has 1 aromatic heterocycles. The second-order valence-electron chi connectivity index (χ2n) is 8.07. The zero-order valence-corrected chi connectivity index (χ0v) is 19.5. The summed E-state index contributed by atoms with van der Waals surface area (Å²) in [6, 6.07) is 14.5. The number of hydrogen-bond donors (Lipinski definition) is 3. The van der Waals surface area contributed by atoms with Gasteiger partial charge in [-0.3, -0.25) is 14.6 Å². The number of hydrogen-bond acceptors (Lipinski definition) is 5. The molecule has 0 bridgehead atoms. The number of nitrogens with zero attached hydrogens (tertiary/aromatic N) is 1. The summed E-state index contributed by atoms with van der Waals surface area (Å²) < 4.78 is 5.52. The van der Waals surface area contributed by atoms with Gasteiger partial charge in [-0.1, -0.05) is 25.1 Å². The first-order valence-electron chi connectivity index (χ1n) is 11.3. The molecule has 3 N–H and O–H groups in total. The number of fused-ring (bicyclic) bond motifs is 1. The maximum absolute atomic E-state index is 11.9. The number of para-hydroxylation sites is 1. The molecular formula is C26H32N4O3. The highest BCUT2D eigenvalue weighted by molar-refractivity contribution is 5.96. The molecular weight excluding hydrogens is 416 g/mol. The van der Waals surface area contributed by atoms with Gasteiger partial charge < -0.3 is 20.7 Å². The van der Waals surface area contributed by atoms with Crippen LogP contribution in [-0.4, -0.2) is 30.5 Å². The lowest BCUT2D eigenvalue weighted by molar-refractivity contribution is -0.121. The number of carbonyl (C=O) groups excluding carboxylic acids is 2. The summed E-state index contributed by atoms with van der Waals surface area (Å²) in [6.45, 7) is 4.45. The average Bonchev–Trinajstić information content (AvgIpc) is 3.65. The maximum Gasteiger partial charge on any atom is 0.220 e. The minimum absolute atomic E-state index is 0.0460. The summed E-state index contributed by atoms with van der Waals surface area (Å²) in [6.07, 6.45) is 6.33. The topological polar surface area (TPSA) is 92.3 Å². The zero-order valence-electron chi connectivity index (χ0n) is 19.5. The van der Waals surface area contributed by atoms with Gasteiger partial charge in [0.15, 0.2) is 0 Å². The van der Waals surface area contributed by atoms with E-state index in [1.165, 1.54) is 12.8 Å². The second kappa shape index (κ2) is 11.9. The molecule has 4 rings (SSSR count). The van der Waals surface area contributed by atoms with E-state index in [1.54, 1.807) is 7.11 Å². The van der Waals surface area contributed by atoms with Crippen molar-refractivity contribution < 1.29 is 14.3 Å². The lowest BCUT2D eigenvalue weighted by Gasteiger charge is -2.16. The Kier molecular flexibility index (Phi) is 8.63. The van der Waals surface area contributed by atoms with E-state index in [-0.39, 0.29) is 5.91 Å². The number of pyridine rings is 1. The van der Waals surface area contributed by atoms with Crippen LogP contribution < -0.4 is 20.7 Å². The summed E-state index contributed by atoms with van der Waals surface area (Å²) in [5.41, 5.74) is 4.85.